The van der Waals surface area contributed by atoms with Crippen LogP contribution in [0.25, 0.3) is 11.4 Å². The molecule has 0 saturated carbocycles. The highest BCUT2D eigenvalue weighted by molar-refractivity contribution is 5.55. The van der Waals surface area contributed by atoms with E-state index in [9.17, 15) is 9.50 Å². The summed E-state index contributed by atoms with van der Waals surface area (Å²) in [7, 11) is 0. The van der Waals surface area contributed by atoms with Crippen molar-refractivity contribution in [3.63, 3.8) is 0 Å². The SMILES string of the molecule is Oc1ccc(-c2noc([C@@H]3CC(O)CN3)n2)cc1F. The molecule has 100 valence electrons. The minimum atomic E-state index is -0.738. The minimum absolute atomic E-state index is 0.182. The minimum Gasteiger partial charge on any atom is -0.505 e. The van der Waals surface area contributed by atoms with Gasteiger partial charge >= 0.3 is 0 Å². The molecular formula is C12H12FN3O3. The number of nitrogens with one attached hydrogen (secondary N) is 1. The van der Waals surface area contributed by atoms with Gasteiger partial charge < -0.3 is 20.1 Å². The van der Waals surface area contributed by atoms with Crippen LogP contribution in [0.5, 0.6) is 5.75 Å². The molecule has 7 heteroatoms. The highest BCUT2D eigenvalue weighted by Gasteiger charge is 2.28. The molecule has 1 saturated heterocycles. The number of hydrogen-bond donors (Lipinski definition) is 3. The number of aliphatic hydroxyl groups is 1. The van der Waals surface area contributed by atoms with Gasteiger partial charge in [-0.05, 0) is 24.6 Å². The normalized spacial score (nSPS) is 22.8. The topological polar surface area (TPSA) is 91.4 Å². The first-order valence-corrected chi connectivity index (χ1v) is 5.87. The second-order valence-corrected chi connectivity index (χ2v) is 4.47. The Morgan fingerprint density at radius 2 is 2.26 bits per heavy atom. The number of nitrogens with zero attached hydrogens (tertiary/aromatic N) is 2. The maximum atomic E-state index is 13.2. The van der Waals surface area contributed by atoms with Crippen molar-refractivity contribution in [2.45, 2.75) is 18.6 Å². The van der Waals surface area contributed by atoms with E-state index in [1.165, 1.54) is 12.1 Å². The third kappa shape index (κ3) is 2.29. The standard InChI is InChI=1S/C12H12FN3O3/c13-8-3-6(1-2-10(8)18)11-15-12(19-16-11)9-4-7(17)5-14-9/h1-3,7,9,14,17-18H,4-5H2/t7?,9-/m0/s1. The highest BCUT2D eigenvalue weighted by Crippen LogP contribution is 2.26. The van der Waals surface area contributed by atoms with Crippen LogP contribution < -0.4 is 5.32 Å². The van der Waals surface area contributed by atoms with Gasteiger partial charge in [-0.1, -0.05) is 5.16 Å². The molecule has 3 rings (SSSR count). The van der Waals surface area contributed by atoms with E-state index in [1.807, 2.05) is 0 Å². The molecule has 3 N–H and O–H groups in total. The summed E-state index contributed by atoms with van der Waals surface area (Å²) < 4.78 is 18.3. The van der Waals surface area contributed by atoms with Gasteiger partial charge in [-0.2, -0.15) is 4.98 Å². The number of rotatable bonds is 2. The fourth-order valence-electron chi connectivity index (χ4n) is 2.05. The Morgan fingerprint density at radius 1 is 1.42 bits per heavy atom. The van der Waals surface area contributed by atoms with Crippen molar-refractivity contribution >= 4 is 0 Å². The smallest absolute Gasteiger partial charge is 0.244 e. The molecule has 2 aromatic rings. The van der Waals surface area contributed by atoms with Gasteiger partial charge in [0.2, 0.25) is 11.7 Å². The van der Waals surface area contributed by atoms with Crippen LogP contribution in [0.4, 0.5) is 4.39 Å². The van der Waals surface area contributed by atoms with E-state index in [0.29, 0.717) is 24.4 Å². The number of halogens is 1. The zero-order valence-electron chi connectivity index (χ0n) is 9.88. The molecular weight excluding hydrogens is 253 g/mol. The van der Waals surface area contributed by atoms with E-state index in [4.69, 9.17) is 9.63 Å². The molecule has 1 aliphatic heterocycles. The molecule has 1 aliphatic rings. The molecule has 2 heterocycles. The molecule has 2 atom stereocenters. The van der Waals surface area contributed by atoms with Crippen LogP contribution >= 0.6 is 0 Å². The largest absolute Gasteiger partial charge is 0.505 e. The van der Waals surface area contributed by atoms with Crippen molar-refractivity contribution in [1.82, 2.24) is 15.5 Å². The lowest BCUT2D eigenvalue weighted by molar-refractivity contribution is 0.191. The van der Waals surface area contributed by atoms with Crippen LogP contribution in [-0.4, -0.2) is 33.0 Å². The van der Waals surface area contributed by atoms with Crippen molar-refractivity contribution in [1.29, 1.82) is 0 Å². The van der Waals surface area contributed by atoms with Gasteiger partial charge in [0.15, 0.2) is 11.6 Å². The number of β-amino-alcohol motifs (C(OH)–C–C–N with tert-alkyl or cyclic N) is 1. The van der Waals surface area contributed by atoms with Gasteiger partial charge in [-0.25, -0.2) is 4.39 Å². The van der Waals surface area contributed by atoms with E-state index in [2.05, 4.69) is 15.5 Å². The average molecular weight is 265 g/mol. The molecule has 0 aliphatic carbocycles. The Labute approximate surface area is 107 Å². The number of phenolic OH excluding ortho intramolecular Hbond substituents is 1. The second-order valence-electron chi connectivity index (χ2n) is 4.47. The van der Waals surface area contributed by atoms with Crippen LogP contribution in [0.15, 0.2) is 22.7 Å². The van der Waals surface area contributed by atoms with Crippen molar-refractivity contribution in [3.8, 4) is 17.1 Å². The molecule has 19 heavy (non-hydrogen) atoms. The number of aromatic hydroxyl groups is 1. The summed E-state index contributed by atoms with van der Waals surface area (Å²) in [6.07, 6.45) is 0.0810. The zero-order chi connectivity index (χ0) is 13.4. The molecule has 1 aromatic carbocycles. The first-order chi connectivity index (χ1) is 9.13. The third-order valence-electron chi connectivity index (χ3n) is 3.05. The quantitative estimate of drug-likeness (QED) is 0.749. The maximum absolute atomic E-state index is 13.2. The van der Waals surface area contributed by atoms with E-state index < -0.39 is 17.7 Å². The monoisotopic (exact) mass is 265 g/mol. The first-order valence-electron chi connectivity index (χ1n) is 5.87. The van der Waals surface area contributed by atoms with E-state index >= 15 is 0 Å². The van der Waals surface area contributed by atoms with Gasteiger partial charge in [0.05, 0.1) is 12.1 Å². The van der Waals surface area contributed by atoms with Crippen molar-refractivity contribution in [2.75, 3.05) is 6.54 Å². The number of phenols is 1. The lowest BCUT2D eigenvalue weighted by atomic mass is 10.2. The Balaban J connectivity index is 1.86. The number of aliphatic hydroxyl groups excluding tert-OH is 1. The van der Waals surface area contributed by atoms with Crippen LogP contribution in [0, 0.1) is 5.82 Å². The predicted molar refractivity (Wildman–Crippen MR) is 62.7 cm³/mol. The zero-order valence-corrected chi connectivity index (χ0v) is 9.88. The van der Waals surface area contributed by atoms with Gasteiger partial charge in [0.1, 0.15) is 0 Å². The molecule has 0 amide bonds. The van der Waals surface area contributed by atoms with Crippen LogP contribution in [-0.2, 0) is 0 Å². The summed E-state index contributed by atoms with van der Waals surface area (Å²) in [6, 6.07) is 3.70. The molecule has 0 bridgehead atoms. The molecule has 1 unspecified atom stereocenters. The fraction of sp³-hybridized carbons (Fsp3) is 0.333. The second kappa shape index (κ2) is 4.60. The average Bonchev–Trinajstić information content (AvgIpc) is 3.01. The number of benzene rings is 1. The fourth-order valence-corrected chi connectivity index (χ4v) is 2.05. The Hall–Kier alpha value is -1.99. The first kappa shape index (κ1) is 12.1. The molecule has 0 spiro atoms. The maximum Gasteiger partial charge on any atom is 0.244 e. The lowest BCUT2D eigenvalue weighted by Gasteiger charge is -2.01. The number of hydrogen-bond acceptors (Lipinski definition) is 6. The highest BCUT2D eigenvalue weighted by atomic mass is 19.1. The summed E-state index contributed by atoms with van der Waals surface area (Å²) in [5.74, 6) is -0.552. The predicted octanol–water partition coefficient (Wildman–Crippen LogP) is 0.977. The molecule has 1 aromatic heterocycles. The summed E-state index contributed by atoms with van der Waals surface area (Å²) >= 11 is 0. The third-order valence-corrected chi connectivity index (χ3v) is 3.05. The Kier molecular flexibility index (Phi) is 2.92. The van der Waals surface area contributed by atoms with Crippen LogP contribution in [0.2, 0.25) is 0 Å². The van der Waals surface area contributed by atoms with Crippen molar-refractivity contribution in [2.24, 2.45) is 0 Å². The summed E-state index contributed by atoms with van der Waals surface area (Å²) in [4.78, 5) is 4.17. The van der Waals surface area contributed by atoms with Crippen molar-refractivity contribution in [3.05, 3.63) is 29.9 Å². The number of aromatic nitrogens is 2. The summed E-state index contributed by atoms with van der Waals surface area (Å²) in [6.45, 7) is 0.482. The summed E-state index contributed by atoms with van der Waals surface area (Å²) in [5.41, 5.74) is 0.420. The van der Waals surface area contributed by atoms with E-state index in [1.54, 1.807) is 0 Å². The van der Waals surface area contributed by atoms with Gasteiger partial charge in [0.25, 0.3) is 0 Å². The van der Waals surface area contributed by atoms with E-state index in [0.717, 1.165) is 6.07 Å². The Bertz CT molecular complexity index is 602. The van der Waals surface area contributed by atoms with Gasteiger partial charge in [-0.15, -0.1) is 0 Å². The molecule has 0 radical (unpaired) electrons. The van der Waals surface area contributed by atoms with Gasteiger partial charge in [-0.3, -0.25) is 0 Å². The Morgan fingerprint density at radius 3 is 2.95 bits per heavy atom. The lowest BCUT2D eigenvalue weighted by Crippen LogP contribution is -2.15. The van der Waals surface area contributed by atoms with Crippen LogP contribution in [0.1, 0.15) is 18.4 Å². The molecule has 6 nitrogen and oxygen atoms in total. The van der Waals surface area contributed by atoms with Gasteiger partial charge in [0, 0.05) is 12.1 Å². The van der Waals surface area contributed by atoms with Crippen LogP contribution in [0.3, 0.4) is 0 Å². The van der Waals surface area contributed by atoms with Crippen molar-refractivity contribution < 1.29 is 19.1 Å². The molecule has 1 fully saturated rings. The van der Waals surface area contributed by atoms with E-state index in [-0.39, 0.29) is 11.9 Å². The summed E-state index contributed by atoms with van der Waals surface area (Å²) in [5, 5.41) is 25.4.